The predicted octanol–water partition coefficient (Wildman–Crippen LogP) is 3.19. The van der Waals surface area contributed by atoms with Crippen LogP contribution >= 0.6 is 0 Å². The lowest BCUT2D eigenvalue weighted by Gasteiger charge is -2.10. The second kappa shape index (κ2) is 4.96. The standard InChI is InChI=1S/C16H18N4/c1-10-7-14-16(18-9-10)20-15(19-14)8-11(2)12-3-5-13(17)6-4-12/h3-7,9,11H,8,17H2,1-2H3,(H,18,19,20). The number of aromatic amines is 1. The summed E-state index contributed by atoms with van der Waals surface area (Å²) in [4.78, 5) is 12.2. The molecular weight excluding hydrogens is 248 g/mol. The van der Waals surface area contributed by atoms with Gasteiger partial charge in [-0.3, -0.25) is 0 Å². The third kappa shape index (κ3) is 2.50. The first kappa shape index (κ1) is 12.7. The fourth-order valence-corrected chi connectivity index (χ4v) is 2.38. The molecule has 2 heterocycles. The molecule has 0 aliphatic carbocycles. The van der Waals surface area contributed by atoms with Gasteiger partial charge in [0.15, 0.2) is 5.65 Å². The first-order chi connectivity index (χ1) is 9.61. The minimum absolute atomic E-state index is 0.386. The number of aromatic nitrogens is 3. The molecule has 102 valence electrons. The molecule has 1 atom stereocenters. The molecule has 0 aliphatic rings. The predicted molar refractivity (Wildman–Crippen MR) is 81.6 cm³/mol. The van der Waals surface area contributed by atoms with Gasteiger partial charge in [-0.2, -0.15) is 0 Å². The van der Waals surface area contributed by atoms with Gasteiger partial charge in [0.2, 0.25) is 0 Å². The van der Waals surface area contributed by atoms with E-state index in [1.807, 2.05) is 25.3 Å². The third-order valence-corrected chi connectivity index (χ3v) is 3.53. The number of benzene rings is 1. The number of hydrogen-bond acceptors (Lipinski definition) is 3. The number of anilines is 1. The second-order valence-electron chi connectivity index (χ2n) is 5.34. The molecule has 1 unspecified atom stereocenters. The van der Waals surface area contributed by atoms with Gasteiger partial charge < -0.3 is 10.7 Å². The largest absolute Gasteiger partial charge is 0.399 e. The number of rotatable bonds is 3. The SMILES string of the molecule is Cc1cnc2nc(CC(C)c3ccc(N)cc3)[nH]c2c1. The first-order valence-electron chi connectivity index (χ1n) is 6.78. The quantitative estimate of drug-likeness (QED) is 0.715. The van der Waals surface area contributed by atoms with Gasteiger partial charge in [-0.25, -0.2) is 9.97 Å². The summed E-state index contributed by atoms with van der Waals surface area (Å²) in [5.74, 6) is 1.36. The number of fused-ring (bicyclic) bond motifs is 1. The highest BCUT2D eigenvalue weighted by Gasteiger charge is 2.10. The zero-order valence-electron chi connectivity index (χ0n) is 11.7. The summed E-state index contributed by atoms with van der Waals surface area (Å²) in [5, 5.41) is 0. The van der Waals surface area contributed by atoms with Crippen LogP contribution in [0.4, 0.5) is 5.69 Å². The number of pyridine rings is 1. The Morgan fingerprint density at radius 3 is 2.75 bits per heavy atom. The summed E-state index contributed by atoms with van der Waals surface area (Å²) in [6, 6.07) is 10.1. The Balaban J connectivity index is 1.83. The zero-order valence-corrected chi connectivity index (χ0v) is 11.7. The summed E-state index contributed by atoms with van der Waals surface area (Å²) in [7, 11) is 0. The summed E-state index contributed by atoms with van der Waals surface area (Å²) >= 11 is 0. The van der Waals surface area contributed by atoms with Crippen LogP contribution in [0.2, 0.25) is 0 Å². The molecule has 3 rings (SSSR count). The van der Waals surface area contributed by atoms with Crippen molar-refractivity contribution in [3.63, 3.8) is 0 Å². The maximum absolute atomic E-state index is 5.72. The van der Waals surface area contributed by atoms with Crippen molar-refractivity contribution >= 4 is 16.9 Å². The number of nitrogens with one attached hydrogen (secondary N) is 1. The number of nitrogen functional groups attached to an aromatic ring is 1. The van der Waals surface area contributed by atoms with Crippen molar-refractivity contribution in [1.29, 1.82) is 0 Å². The molecule has 4 heteroatoms. The van der Waals surface area contributed by atoms with Crippen molar-refractivity contribution in [3.05, 3.63) is 53.5 Å². The lowest BCUT2D eigenvalue weighted by molar-refractivity contribution is 0.729. The Morgan fingerprint density at radius 1 is 1.25 bits per heavy atom. The molecular formula is C16H18N4. The lowest BCUT2D eigenvalue weighted by Crippen LogP contribution is -2.00. The van der Waals surface area contributed by atoms with E-state index < -0.39 is 0 Å². The molecule has 0 fully saturated rings. The molecule has 4 nitrogen and oxygen atoms in total. The normalized spacial score (nSPS) is 12.7. The van der Waals surface area contributed by atoms with E-state index in [2.05, 4.69) is 40.1 Å². The van der Waals surface area contributed by atoms with Gasteiger partial charge in [-0.15, -0.1) is 0 Å². The zero-order chi connectivity index (χ0) is 14.1. The minimum atomic E-state index is 0.386. The number of nitrogens with zero attached hydrogens (tertiary/aromatic N) is 2. The Morgan fingerprint density at radius 2 is 2.00 bits per heavy atom. The van der Waals surface area contributed by atoms with Gasteiger partial charge in [0, 0.05) is 18.3 Å². The molecule has 0 bridgehead atoms. The maximum Gasteiger partial charge on any atom is 0.177 e. The van der Waals surface area contributed by atoms with Gasteiger partial charge in [-0.05, 0) is 42.2 Å². The molecule has 2 aromatic heterocycles. The fourth-order valence-electron chi connectivity index (χ4n) is 2.38. The topological polar surface area (TPSA) is 67.6 Å². The van der Waals surface area contributed by atoms with E-state index in [0.717, 1.165) is 34.7 Å². The Hall–Kier alpha value is -2.36. The highest BCUT2D eigenvalue weighted by molar-refractivity contribution is 5.70. The number of aryl methyl sites for hydroxylation is 1. The van der Waals surface area contributed by atoms with E-state index in [-0.39, 0.29) is 0 Å². The molecule has 0 spiro atoms. The molecule has 0 radical (unpaired) electrons. The first-order valence-corrected chi connectivity index (χ1v) is 6.78. The van der Waals surface area contributed by atoms with E-state index in [4.69, 9.17) is 5.73 Å². The summed E-state index contributed by atoms with van der Waals surface area (Å²) in [5.41, 5.74) is 10.7. The number of hydrogen-bond donors (Lipinski definition) is 2. The molecule has 0 saturated carbocycles. The Kier molecular flexibility index (Phi) is 3.14. The number of imidazole rings is 1. The van der Waals surface area contributed by atoms with E-state index in [0.29, 0.717) is 5.92 Å². The van der Waals surface area contributed by atoms with E-state index in [1.54, 1.807) is 0 Å². The van der Waals surface area contributed by atoms with Crippen LogP contribution in [0.5, 0.6) is 0 Å². The molecule has 3 N–H and O–H groups in total. The van der Waals surface area contributed by atoms with Crippen LogP contribution in [0.25, 0.3) is 11.2 Å². The Labute approximate surface area is 118 Å². The smallest absolute Gasteiger partial charge is 0.177 e. The Bertz CT molecular complexity index is 728. The highest BCUT2D eigenvalue weighted by atomic mass is 15.0. The van der Waals surface area contributed by atoms with Crippen molar-refractivity contribution in [2.45, 2.75) is 26.2 Å². The van der Waals surface area contributed by atoms with Crippen molar-refractivity contribution in [3.8, 4) is 0 Å². The van der Waals surface area contributed by atoms with Crippen LogP contribution in [0.15, 0.2) is 36.5 Å². The third-order valence-electron chi connectivity index (χ3n) is 3.53. The molecule has 0 saturated heterocycles. The van der Waals surface area contributed by atoms with Gasteiger partial charge in [-0.1, -0.05) is 19.1 Å². The van der Waals surface area contributed by atoms with Crippen LogP contribution in [0, 0.1) is 6.92 Å². The van der Waals surface area contributed by atoms with Crippen molar-refractivity contribution in [2.75, 3.05) is 5.73 Å². The van der Waals surface area contributed by atoms with Crippen LogP contribution in [-0.2, 0) is 6.42 Å². The van der Waals surface area contributed by atoms with E-state index in [9.17, 15) is 0 Å². The van der Waals surface area contributed by atoms with E-state index >= 15 is 0 Å². The lowest BCUT2D eigenvalue weighted by atomic mass is 9.97. The van der Waals surface area contributed by atoms with Crippen molar-refractivity contribution < 1.29 is 0 Å². The van der Waals surface area contributed by atoms with Crippen LogP contribution < -0.4 is 5.73 Å². The average Bonchev–Trinajstić information content (AvgIpc) is 2.80. The molecule has 3 aromatic rings. The van der Waals surface area contributed by atoms with Crippen LogP contribution in [0.3, 0.4) is 0 Å². The summed E-state index contributed by atoms with van der Waals surface area (Å²) in [6.45, 7) is 4.22. The van der Waals surface area contributed by atoms with E-state index in [1.165, 1.54) is 5.56 Å². The minimum Gasteiger partial charge on any atom is -0.399 e. The monoisotopic (exact) mass is 266 g/mol. The summed E-state index contributed by atoms with van der Waals surface area (Å²) < 4.78 is 0. The molecule has 0 amide bonds. The van der Waals surface area contributed by atoms with Crippen molar-refractivity contribution in [1.82, 2.24) is 15.0 Å². The molecule has 20 heavy (non-hydrogen) atoms. The van der Waals surface area contributed by atoms with Crippen molar-refractivity contribution in [2.24, 2.45) is 0 Å². The van der Waals surface area contributed by atoms with Crippen LogP contribution in [-0.4, -0.2) is 15.0 Å². The summed E-state index contributed by atoms with van der Waals surface area (Å²) in [6.07, 6.45) is 2.70. The van der Waals surface area contributed by atoms with Gasteiger partial charge in [0.05, 0.1) is 5.52 Å². The second-order valence-corrected chi connectivity index (χ2v) is 5.34. The maximum atomic E-state index is 5.72. The number of nitrogens with two attached hydrogens (primary N) is 1. The van der Waals surface area contributed by atoms with Gasteiger partial charge in [0.1, 0.15) is 5.82 Å². The highest BCUT2D eigenvalue weighted by Crippen LogP contribution is 2.21. The number of H-pyrrole nitrogens is 1. The van der Waals surface area contributed by atoms with Gasteiger partial charge in [0.25, 0.3) is 0 Å². The molecule has 0 aliphatic heterocycles. The fraction of sp³-hybridized carbons (Fsp3) is 0.250. The average molecular weight is 266 g/mol. The van der Waals surface area contributed by atoms with Gasteiger partial charge >= 0.3 is 0 Å². The van der Waals surface area contributed by atoms with Crippen LogP contribution in [0.1, 0.15) is 29.8 Å². The molecule has 1 aromatic carbocycles.